The number of anilines is 1. The molecule has 3 heterocycles. The fraction of sp³-hybridized carbons (Fsp3) is 0.100. The average Bonchev–Trinajstić information content (AvgIpc) is 3.37. The van der Waals surface area contributed by atoms with Crippen molar-refractivity contribution < 1.29 is 9.21 Å². The highest BCUT2D eigenvalue weighted by molar-refractivity contribution is 7.14. The summed E-state index contributed by atoms with van der Waals surface area (Å²) < 4.78 is 5.72. The van der Waals surface area contributed by atoms with Crippen LogP contribution in [0.3, 0.4) is 0 Å². The molecule has 0 unspecified atom stereocenters. The highest BCUT2D eigenvalue weighted by Crippen LogP contribution is 2.23. The van der Waals surface area contributed by atoms with Crippen molar-refractivity contribution in [3.63, 3.8) is 0 Å². The Morgan fingerprint density at radius 3 is 2.70 bits per heavy atom. The lowest BCUT2D eigenvalue weighted by molar-refractivity contribution is -0.116. The van der Waals surface area contributed by atoms with Gasteiger partial charge >= 0.3 is 0 Å². The van der Waals surface area contributed by atoms with Gasteiger partial charge in [-0.15, -0.1) is 11.3 Å². The normalized spacial score (nSPS) is 10.7. The van der Waals surface area contributed by atoms with Crippen molar-refractivity contribution in [2.24, 2.45) is 0 Å². The Hall–Kier alpha value is -3.32. The van der Waals surface area contributed by atoms with Crippen LogP contribution in [0.1, 0.15) is 12.3 Å². The van der Waals surface area contributed by atoms with Crippen LogP contribution in [0.5, 0.6) is 0 Å². The van der Waals surface area contributed by atoms with Crippen LogP contribution in [0, 0.1) is 0 Å². The fourth-order valence-electron chi connectivity index (χ4n) is 2.53. The molecule has 1 N–H and O–H groups in total. The number of hydrogen-bond donors (Lipinski definition) is 1. The molecule has 0 spiro atoms. The summed E-state index contributed by atoms with van der Waals surface area (Å²) in [6, 6.07) is 15.4. The van der Waals surface area contributed by atoms with Crippen molar-refractivity contribution in [3.05, 3.63) is 72.2 Å². The van der Waals surface area contributed by atoms with Gasteiger partial charge < -0.3 is 9.73 Å². The molecule has 1 aromatic carbocycles. The molecule has 27 heavy (non-hydrogen) atoms. The van der Waals surface area contributed by atoms with Gasteiger partial charge in [-0.2, -0.15) is 0 Å². The lowest BCUT2D eigenvalue weighted by Gasteiger charge is -2.00. The van der Waals surface area contributed by atoms with E-state index in [4.69, 9.17) is 4.42 Å². The molecule has 0 radical (unpaired) electrons. The molecule has 1 amide bonds. The van der Waals surface area contributed by atoms with E-state index in [0.29, 0.717) is 23.2 Å². The molecule has 0 aliphatic carbocycles. The van der Waals surface area contributed by atoms with Gasteiger partial charge in [-0.1, -0.05) is 36.4 Å². The Labute approximate surface area is 160 Å². The van der Waals surface area contributed by atoms with Crippen LogP contribution in [-0.2, 0) is 11.2 Å². The first-order valence-corrected chi connectivity index (χ1v) is 9.33. The predicted octanol–water partition coefficient (Wildman–Crippen LogP) is 4.43. The smallest absolute Gasteiger partial charge is 0.226 e. The number of pyridine rings is 1. The van der Waals surface area contributed by atoms with Gasteiger partial charge in [0.05, 0.1) is 11.9 Å². The standard InChI is InChI=1S/C20H16N4O2S/c25-18(24-20-23-16(13-27-20)15-8-4-5-11-21-15)9-10-19-22-12-17(26-19)14-6-2-1-3-7-14/h1-8,11-13H,9-10H2,(H,23,24,25). The SMILES string of the molecule is O=C(CCc1ncc(-c2ccccc2)o1)Nc1nc(-c2ccccn2)cs1. The van der Waals surface area contributed by atoms with E-state index in [1.165, 1.54) is 11.3 Å². The van der Waals surface area contributed by atoms with Gasteiger partial charge in [0, 0.05) is 30.0 Å². The number of carbonyl (C=O) groups excluding carboxylic acids is 1. The zero-order chi connectivity index (χ0) is 18.5. The van der Waals surface area contributed by atoms with Crippen LogP contribution >= 0.6 is 11.3 Å². The minimum atomic E-state index is -0.128. The first kappa shape index (κ1) is 17.1. The van der Waals surface area contributed by atoms with Crippen LogP contribution < -0.4 is 5.32 Å². The number of benzene rings is 1. The van der Waals surface area contributed by atoms with E-state index in [-0.39, 0.29) is 12.3 Å². The maximum Gasteiger partial charge on any atom is 0.226 e. The maximum absolute atomic E-state index is 12.2. The third-order valence-electron chi connectivity index (χ3n) is 3.86. The second-order valence-electron chi connectivity index (χ2n) is 5.79. The molecule has 6 nitrogen and oxygen atoms in total. The average molecular weight is 376 g/mol. The minimum absolute atomic E-state index is 0.128. The van der Waals surface area contributed by atoms with Crippen LogP contribution in [0.2, 0.25) is 0 Å². The van der Waals surface area contributed by atoms with Crippen molar-refractivity contribution >= 4 is 22.4 Å². The fourth-order valence-corrected chi connectivity index (χ4v) is 3.25. The van der Waals surface area contributed by atoms with E-state index in [1.807, 2.05) is 53.9 Å². The minimum Gasteiger partial charge on any atom is -0.441 e. The molecule has 0 atom stereocenters. The highest BCUT2D eigenvalue weighted by atomic mass is 32.1. The Kier molecular flexibility index (Phi) is 5.02. The molecule has 4 rings (SSSR count). The molecule has 4 aromatic rings. The Morgan fingerprint density at radius 1 is 1.04 bits per heavy atom. The first-order valence-electron chi connectivity index (χ1n) is 8.45. The molecule has 0 fully saturated rings. The Bertz CT molecular complexity index is 1030. The first-order chi connectivity index (χ1) is 13.3. The molecule has 0 bridgehead atoms. The zero-order valence-electron chi connectivity index (χ0n) is 14.3. The summed E-state index contributed by atoms with van der Waals surface area (Å²) in [6.07, 6.45) is 4.10. The number of carbonyl (C=O) groups is 1. The third-order valence-corrected chi connectivity index (χ3v) is 4.61. The highest BCUT2D eigenvalue weighted by Gasteiger charge is 2.11. The Balaban J connectivity index is 1.33. The molecule has 0 saturated carbocycles. The predicted molar refractivity (Wildman–Crippen MR) is 104 cm³/mol. The number of oxazole rings is 1. The Morgan fingerprint density at radius 2 is 1.89 bits per heavy atom. The van der Waals surface area contributed by atoms with Crippen molar-refractivity contribution in [1.29, 1.82) is 0 Å². The van der Waals surface area contributed by atoms with E-state index in [0.717, 1.165) is 17.0 Å². The number of hydrogen-bond acceptors (Lipinski definition) is 6. The molecular weight excluding hydrogens is 360 g/mol. The van der Waals surface area contributed by atoms with Gasteiger partial charge in [-0.3, -0.25) is 9.78 Å². The van der Waals surface area contributed by atoms with Gasteiger partial charge in [0.15, 0.2) is 16.8 Å². The number of nitrogens with zero attached hydrogens (tertiary/aromatic N) is 3. The summed E-state index contributed by atoms with van der Waals surface area (Å²) in [5.41, 5.74) is 2.49. The summed E-state index contributed by atoms with van der Waals surface area (Å²) in [7, 11) is 0. The number of aryl methyl sites for hydroxylation is 1. The van der Waals surface area contributed by atoms with Gasteiger partial charge in [0.2, 0.25) is 5.91 Å². The van der Waals surface area contributed by atoms with Crippen LogP contribution in [-0.4, -0.2) is 20.9 Å². The molecule has 7 heteroatoms. The van der Waals surface area contributed by atoms with Crippen LogP contribution in [0.25, 0.3) is 22.7 Å². The van der Waals surface area contributed by atoms with Gasteiger partial charge in [0.1, 0.15) is 5.69 Å². The second-order valence-corrected chi connectivity index (χ2v) is 6.64. The van der Waals surface area contributed by atoms with Crippen LogP contribution in [0.4, 0.5) is 5.13 Å². The van der Waals surface area contributed by atoms with E-state index < -0.39 is 0 Å². The van der Waals surface area contributed by atoms with E-state index in [1.54, 1.807) is 12.4 Å². The number of aromatic nitrogens is 3. The van der Waals surface area contributed by atoms with Gasteiger partial charge in [0.25, 0.3) is 0 Å². The van der Waals surface area contributed by atoms with Gasteiger partial charge in [-0.05, 0) is 12.1 Å². The summed E-state index contributed by atoms with van der Waals surface area (Å²) >= 11 is 1.37. The summed E-state index contributed by atoms with van der Waals surface area (Å²) in [5.74, 6) is 1.11. The molecule has 0 aliphatic heterocycles. The molecule has 3 aromatic heterocycles. The van der Waals surface area contributed by atoms with Crippen molar-refractivity contribution in [2.45, 2.75) is 12.8 Å². The van der Waals surface area contributed by atoms with Crippen molar-refractivity contribution in [1.82, 2.24) is 15.0 Å². The number of nitrogens with one attached hydrogen (secondary N) is 1. The molecule has 0 aliphatic rings. The summed E-state index contributed by atoms with van der Waals surface area (Å²) in [4.78, 5) is 25.1. The monoisotopic (exact) mass is 376 g/mol. The largest absolute Gasteiger partial charge is 0.441 e. The number of amides is 1. The zero-order valence-corrected chi connectivity index (χ0v) is 15.1. The number of rotatable bonds is 6. The van der Waals surface area contributed by atoms with Crippen LogP contribution in [0.15, 0.2) is 70.7 Å². The molecular formula is C20H16N4O2S. The van der Waals surface area contributed by atoms with E-state index >= 15 is 0 Å². The lowest BCUT2D eigenvalue weighted by atomic mass is 10.2. The van der Waals surface area contributed by atoms with E-state index in [2.05, 4.69) is 20.3 Å². The van der Waals surface area contributed by atoms with Gasteiger partial charge in [-0.25, -0.2) is 9.97 Å². The summed E-state index contributed by atoms with van der Waals surface area (Å²) in [6.45, 7) is 0. The van der Waals surface area contributed by atoms with E-state index in [9.17, 15) is 4.79 Å². The quantitative estimate of drug-likeness (QED) is 0.538. The number of thiazole rings is 1. The van der Waals surface area contributed by atoms with Crippen molar-refractivity contribution in [2.75, 3.05) is 5.32 Å². The lowest BCUT2D eigenvalue weighted by Crippen LogP contribution is -2.12. The maximum atomic E-state index is 12.2. The summed E-state index contributed by atoms with van der Waals surface area (Å²) in [5, 5.41) is 5.24. The topological polar surface area (TPSA) is 80.9 Å². The molecule has 134 valence electrons. The second kappa shape index (κ2) is 7.92. The van der Waals surface area contributed by atoms with Crippen molar-refractivity contribution in [3.8, 4) is 22.7 Å². The third kappa shape index (κ3) is 4.27. The molecule has 0 saturated heterocycles.